The molecule has 0 aliphatic carbocycles. The van der Waals surface area contributed by atoms with Gasteiger partial charge in [0, 0.05) is 42.7 Å². The Hall–Kier alpha value is -2.70. The molecule has 2 N–H and O–H groups in total. The normalized spacial score (nSPS) is 17.3. The van der Waals surface area contributed by atoms with E-state index in [1.54, 1.807) is 0 Å². The molecular formula is C20H22N4O2. The van der Waals surface area contributed by atoms with E-state index in [0.29, 0.717) is 19.6 Å². The Morgan fingerprint density at radius 2 is 2.19 bits per heavy atom. The van der Waals surface area contributed by atoms with E-state index in [1.165, 1.54) is 0 Å². The molecule has 3 aromatic rings. The number of aryl methyl sites for hydroxylation is 1. The van der Waals surface area contributed by atoms with Crippen LogP contribution >= 0.6 is 0 Å². The van der Waals surface area contributed by atoms with E-state index in [0.717, 1.165) is 34.7 Å². The predicted molar refractivity (Wildman–Crippen MR) is 101 cm³/mol. The van der Waals surface area contributed by atoms with Crippen LogP contribution < -0.4 is 10.6 Å². The maximum atomic E-state index is 12.2. The molecule has 2 aromatic heterocycles. The Balaban J connectivity index is 1.44. The third-order valence-electron chi connectivity index (χ3n) is 4.57. The van der Waals surface area contributed by atoms with Gasteiger partial charge in [-0.05, 0) is 30.7 Å². The summed E-state index contributed by atoms with van der Waals surface area (Å²) in [6.45, 7) is 4.14. The van der Waals surface area contributed by atoms with Crippen molar-refractivity contribution in [3.05, 3.63) is 54.4 Å². The van der Waals surface area contributed by atoms with E-state index < -0.39 is 0 Å². The number of pyridine rings is 1. The van der Waals surface area contributed by atoms with Crippen LogP contribution in [0.2, 0.25) is 0 Å². The molecule has 0 spiro atoms. The highest BCUT2D eigenvalue weighted by Crippen LogP contribution is 2.22. The maximum Gasteiger partial charge on any atom is 0.226 e. The van der Waals surface area contributed by atoms with Crippen molar-refractivity contribution in [2.45, 2.75) is 19.4 Å². The first-order chi connectivity index (χ1) is 12.7. The zero-order chi connectivity index (χ0) is 17.9. The van der Waals surface area contributed by atoms with Crippen LogP contribution in [0, 0.1) is 6.92 Å². The van der Waals surface area contributed by atoms with Crippen LogP contribution in [-0.2, 0) is 9.53 Å². The predicted octanol–water partition coefficient (Wildman–Crippen LogP) is 2.63. The minimum absolute atomic E-state index is 0.0101. The number of amides is 1. The molecule has 1 atom stereocenters. The second-order valence-corrected chi connectivity index (χ2v) is 6.60. The Morgan fingerprint density at radius 3 is 2.92 bits per heavy atom. The summed E-state index contributed by atoms with van der Waals surface area (Å²) in [4.78, 5) is 16.9. The highest BCUT2D eigenvalue weighted by molar-refractivity contribution is 5.91. The third kappa shape index (κ3) is 3.61. The highest BCUT2D eigenvalue weighted by atomic mass is 16.5. The van der Waals surface area contributed by atoms with Gasteiger partial charge in [0.1, 0.15) is 5.65 Å². The van der Waals surface area contributed by atoms with Gasteiger partial charge in [-0.25, -0.2) is 4.98 Å². The summed E-state index contributed by atoms with van der Waals surface area (Å²) in [6, 6.07) is 11.9. The number of morpholine rings is 1. The Bertz CT molecular complexity index is 911. The largest absolute Gasteiger partial charge is 0.378 e. The first-order valence-corrected chi connectivity index (χ1v) is 8.85. The summed E-state index contributed by atoms with van der Waals surface area (Å²) in [6.07, 6.45) is 4.43. The number of nitrogens with one attached hydrogen (secondary N) is 2. The topological polar surface area (TPSA) is 67.7 Å². The van der Waals surface area contributed by atoms with Crippen LogP contribution in [-0.4, -0.2) is 41.1 Å². The van der Waals surface area contributed by atoms with Crippen molar-refractivity contribution in [1.29, 1.82) is 0 Å². The molecule has 1 saturated heterocycles. The lowest BCUT2D eigenvalue weighted by Crippen LogP contribution is -2.43. The molecule has 26 heavy (non-hydrogen) atoms. The van der Waals surface area contributed by atoms with Crippen molar-refractivity contribution in [3.8, 4) is 11.3 Å². The number of carbonyl (C=O) groups is 1. The number of fused-ring (bicyclic) bond motifs is 1. The molecule has 6 nitrogen and oxygen atoms in total. The Labute approximate surface area is 152 Å². The molecule has 1 aliphatic heterocycles. The van der Waals surface area contributed by atoms with Crippen LogP contribution in [0.3, 0.4) is 0 Å². The summed E-state index contributed by atoms with van der Waals surface area (Å²) < 4.78 is 7.41. The second kappa shape index (κ2) is 7.27. The van der Waals surface area contributed by atoms with Crippen LogP contribution in [0.4, 0.5) is 5.69 Å². The molecule has 0 radical (unpaired) electrons. The van der Waals surface area contributed by atoms with E-state index in [1.807, 2.05) is 47.1 Å². The van der Waals surface area contributed by atoms with Gasteiger partial charge >= 0.3 is 0 Å². The summed E-state index contributed by atoms with van der Waals surface area (Å²) in [7, 11) is 0. The van der Waals surface area contributed by atoms with Crippen LogP contribution in [0.25, 0.3) is 16.9 Å². The molecule has 0 saturated carbocycles. The van der Waals surface area contributed by atoms with E-state index in [2.05, 4.69) is 23.6 Å². The molecular weight excluding hydrogens is 328 g/mol. The molecule has 6 heteroatoms. The Kier molecular flexibility index (Phi) is 4.69. The first-order valence-electron chi connectivity index (χ1n) is 8.85. The van der Waals surface area contributed by atoms with Gasteiger partial charge in [0.15, 0.2) is 0 Å². The minimum Gasteiger partial charge on any atom is -0.378 e. The zero-order valence-corrected chi connectivity index (χ0v) is 14.7. The van der Waals surface area contributed by atoms with Crippen molar-refractivity contribution >= 4 is 17.2 Å². The smallest absolute Gasteiger partial charge is 0.226 e. The lowest BCUT2D eigenvalue weighted by atomic mass is 10.1. The molecule has 3 heterocycles. The van der Waals surface area contributed by atoms with Gasteiger partial charge in [-0.1, -0.05) is 18.2 Å². The fraction of sp³-hybridized carbons (Fsp3) is 0.300. The molecule has 1 aliphatic rings. The third-order valence-corrected chi connectivity index (χ3v) is 4.57. The second-order valence-electron chi connectivity index (χ2n) is 6.60. The summed E-state index contributed by atoms with van der Waals surface area (Å²) >= 11 is 0. The molecule has 1 fully saturated rings. The number of hydrogen-bond acceptors (Lipinski definition) is 4. The average molecular weight is 350 g/mol. The minimum atomic E-state index is -0.0101. The zero-order valence-electron chi connectivity index (χ0n) is 14.7. The van der Waals surface area contributed by atoms with Crippen molar-refractivity contribution in [1.82, 2.24) is 14.7 Å². The number of ether oxygens (including phenoxy) is 1. The first kappa shape index (κ1) is 16.8. The standard InChI is InChI=1S/C20H22N4O2/c1-14-3-2-9-24-12-18(23-20(14)24)15-4-6-16(7-5-15)22-19(25)11-17-13-26-10-8-21-17/h2-7,9,12,17,21H,8,10-11,13H2,1H3,(H,22,25). The molecule has 134 valence electrons. The number of benzene rings is 1. The van der Waals surface area contributed by atoms with Gasteiger partial charge in [-0.2, -0.15) is 0 Å². The summed E-state index contributed by atoms with van der Waals surface area (Å²) in [5.41, 5.74) is 4.83. The molecule has 1 unspecified atom stereocenters. The van der Waals surface area contributed by atoms with E-state index in [9.17, 15) is 4.79 Å². The van der Waals surface area contributed by atoms with Gasteiger partial charge in [0.2, 0.25) is 5.91 Å². The lowest BCUT2D eigenvalue weighted by Gasteiger charge is -2.23. The quantitative estimate of drug-likeness (QED) is 0.759. The monoisotopic (exact) mass is 350 g/mol. The molecule has 1 aromatic carbocycles. The van der Waals surface area contributed by atoms with E-state index >= 15 is 0 Å². The van der Waals surface area contributed by atoms with E-state index in [-0.39, 0.29) is 11.9 Å². The van der Waals surface area contributed by atoms with Crippen LogP contribution in [0.15, 0.2) is 48.8 Å². The van der Waals surface area contributed by atoms with Gasteiger partial charge in [-0.15, -0.1) is 0 Å². The van der Waals surface area contributed by atoms with Crippen molar-refractivity contribution in [2.24, 2.45) is 0 Å². The molecule has 0 bridgehead atoms. The number of nitrogens with zero attached hydrogens (tertiary/aromatic N) is 2. The van der Waals surface area contributed by atoms with Crippen molar-refractivity contribution in [3.63, 3.8) is 0 Å². The average Bonchev–Trinajstić information content (AvgIpc) is 3.09. The number of hydrogen-bond donors (Lipinski definition) is 2. The number of rotatable bonds is 4. The number of aromatic nitrogens is 2. The fourth-order valence-corrected chi connectivity index (χ4v) is 3.20. The summed E-state index contributed by atoms with van der Waals surface area (Å²) in [5, 5.41) is 6.23. The van der Waals surface area contributed by atoms with Gasteiger partial charge in [0.05, 0.1) is 18.9 Å². The Morgan fingerprint density at radius 1 is 1.35 bits per heavy atom. The molecule has 4 rings (SSSR count). The number of anilines is 1. The van der Waals surface area contributed by atoms with Gasteiger partial charge < -0.3 is 19.8 Å². The number of imidazole rings is 1. The maximum absolute atomic E-state index is 12.2. The van der Waals surface area contributed by atoms with Gasteiger partial charge in [-0.3, -0.25) is 4.79 Å². The fourth-order valence-electron chi connectivity index (χ4n) is 3.20. The van der Waals surface area contributed by atoms with Crippen LogP contribution in [0.1, 0.15) is 12.0 Å². The SMILES string of the molecule is Cc1cccn2cc(-c3ccc(NC(=O)CC4COCCN4)cc3)nc12. The van der Waals surface area contributed by atoms with Crippen LogP contribution in [0.5, 0.6) is 0 Å². The van der Waals surface area contributed by atoms with Crippen molar-refractivity contribution < 1.29 is 9.53 Å². The number of carbonyl (C=O) groups excluding carboxylic acids is 1. The van der Waals surface area contributed by atoms with Gasteiger partial charge in [0.25, 0.3) is 0 Å². The highest BCUT2D eigenvalue weighted by Gasteiger charge is 2.17. The van der Waals surface area contributed by atoms with E-state index in [4.69, 9.17) is 9.72 Å². The molecule has 1 amide bonds. The van der Waals surface area contributed by atoms with Crippen molar-refractivity contribution in [2.75, 3.05) is 25.1 Å². The summed E-state index contributed by atoms with van der Waals surface area (Å²) in [5.74, 6) is -0.0101. The lowest BCUT2D eigenvalue weighted by molar-refractivity contribution is -0.117.